The van der Waals surface area contributed by atoms with Gasteiger partial charge < -0.3 is 14.7 Å². The van der Waals surface area contributed by atoms with E-state index in [1.807, 2.05) is 0 Å². The van der Waals surface area contributed by atoms with Crippen molar-refractivity contribution >= 4 is 45.3 Å². The highest BCUT2D eigenvalue weighted by molar-refractivity contribution is 7.18. The highest BCUT2D eigenvalue weighted by atomic mass is 35.5. The maximum Gasteiger partial charge on any atom is 0.225 e. The highest BCUT2D eigenvalue weighted by Gasteiger charge is 2.23. The molecule has 0 aromatic carbocycles. The number of anilines is 1. The lowest BCUT2D eigenvalue weighted by Gasteiger charge is -2.35. The number of piperazine rings is 1. The number of aromatic nitrogens is 2. The second-order valence-electron chi connectivity index (χ2n) is 6.71. The van der Waals surface area contributed by atoms with Crippen molar-refractivity contribution in [3.63, 3.8) is 0 Å². The molecule has 2 aliphatic rings. The van der Waals surface area contributed by atoms with Crippen molar-refractivity contribution in [2.75, 3.05) is 57.4 Å². The summed E-state index contributed by atoms with van der Waals surface area (Å²) in [6, 6.07) is 2.16. The lowest BCUT2D eigenvalue weighted by molar-refractivity contribution is -0.125. The third-order valence-electron chi connectivity index (χ3n) is 4.99. The fourth-order valence-electron chi connectivity index (χ4n) is 3.52. The minimum Gasteiger partial charge on any atom is -0.378 e. The van der Waals surface area contributed by atoms with Crippen molar-refractivity contribution < 1.29 is 14.6 Å². The molecular formula is C17H22ClN5O3S. The van der Waals surface area contributed by atoms with E-state index in [9.17, 15) is 9.90 Å². The monoisotopic (exact) mass is 411 g/mol. The van der Waals surface area contributed by atoms with Crippen LogP contribution in [0, 0.1) is 0 Å². The molecular weight excluding hydrogens is 390 g/mol. The molecule has 0 aliphatic carbocycles. The molecule has 4 heterocycles. The molecule has 0 amide bonds. The Labute approximate surface area is 166 Å². The molecule has 1 atom stereocenters. The summed E-state index contributed by atoms with van der Waals surface area (Å²) in [5.41, 5.74) is 0. The fraction of sp³-hybridized carbons (Fsp3) is 0.588. The number of ether oxygens (including phenoxy) is 1. The van der Waals surface area contributed by atoms with E-state index < -0.39 is 6.23 Å². The van der Waals surface area contributed by atoms with Gasteiger partial charge in [-0.1, -0.05) is 0 Å². The number of hydrogen-bond acceptors (Lipinski definition) is 9. The van der Waals surface area contributed by atoms with E-state index in [0.717, 1.165) is 48.8 Å². The summed E-state index contributed by atoms with van der Waals surface area (Å²) in [5.74, 6) is 0.884. The number of thiophene rings is 1. The lowest BCUT2D eigenvalue weighted by Crippen LogP contribution is -2.50. The van der Waals surface area contributed by atoms with Gasteiger partial charge in [-0.3, -0.25) is 14.6 Å². The Morgan fingerprint density at radius 2 is 1.96 bits per heavy atom. The van der Waals surface area contributed by atoms with Crippen LogP contribution in [-0.2, 0) is 16.1 Å². The summed E-state index contributed by atoms with van der Waals surface area (Å²) in [4.78, 5) is 28.0. The van der Waals surface area contributed by atoms with Crippen molar-refractivity contribution in [1.82, 2.24) is 19.8 Å². The van der Waals surface area contributed by atoms with Crippen molar-refractivity contribution in [3.8, 4) is 0 Å². The number of rotatable bonds is 5. The van der Waals surface area contributed by atoms with E-state index >= 15 is 0 Å². The van der Waals surface area contributed by atoms with Gasteiger partial charge in [-0.05, 0) is 17.7 Å². The zero-order chi connectivity index (χ0) is 18.8. The van der Waals surface area contributed by atoms with Gasteiger partial charge in [-0.2, -0.15) is 4.98 Å². The summed E-state index contributed by atoms with van der Waals surface area (Å²) >= 11 is 7.80. The van der Waals surface area contributed by atoms with Crippen LogP contribution in [-0.4, -0.2) is 89.9 Å². The van der Waals surface area contributed by atoms with Gasteiger partial charge in [0.05, 0.1) is 18.6 Å². The van der Waals surface area contributed by atoms with Gasteiger partial charge in [0.15, 0.2) is 12.5 Å². The zero-order valence-corrected chi connectivity index (χ0v) is 16.5. The lowest BCUT2D eigenvalue weighted by atomic mass is 10.2. The zero-order valence-electron chi connectivity index (χ0n) is 14.9. The Hall–Kier alpha value is -1.36. The maximum absolute atomic E-state index is 10.7. The summed E-state index contributed by atoms with van der Waals surface area (Å²) in [7, 11) is 0. The number of hydrogen-bond donors (Lipinski definition) is 1. The van der Waals surface area contributed by atoms with Crippen LogP contribution in [0.1, 0.15) is 4.88 Å². The Morgan fingerprint density at radius 1 is 1.22 bits per heavy atom. The van der Waals surface area contributed by atoms with E-state index in [1.165, 1.54) is 4.88 Å². The number of carbonyl (C=O) groups is 1. The molecule has 8 nitrogen and oxygen atoms in total. The van der Waals surface area contributed by atoms with Crippen molar-refractivity contribution in [2.45, 2.75) is 12.8 Å². The number of aliphatic hydroxyl groups is 1. The summed E-state index contributed by atoms with van der Waals surface area (Å²) in [5, 5.41) is 10.9. The number of aldehydes is 1. The predicted octanol–water partition coefficient (Wildman–Crippen LogP) is 0.816. The van der Waals surface area contributed by atoms with Crippen LogP contribution in [0.25, 0.3) is 10.2 Å². The first-order chi connectivity index (χ1) is 13.1. The molecule has 0 saturated carbocycles. The Morgan fingerprint density at radius 3 is 2.67 bits per heavy atom. The fourth-order valence-corrected chi connectivity index (χ4v) is 4.80. The number of nitrogens with zero attached hydrogens (tertiary/aromatic N) is 5. The SMILES string of the molecule is O=CC(O)N1CCN(Cc2cc3c(N4CCOCC4)nc(Cl)nc3s2)CC1. The molecule has 146 valence electrons. The van der Waals surface area contributed by atoms with Gasteiger partial charge in [0, 0.05) is 50.7 Å². The Bertz CT molecular complexity index is 805. The van der Waals surface area contributed by atoms with E-state index in [2.05, 4.69) is 25.8 Å². The standard InChI is InChI=1S/C17H22ClN5O3S/c18-17-19-15(23-5-7-26-8-6-23)13-9-12(27-16(13)20-17)10-21-1-3-22(4-2-21)14(25)11-24/h9,11,14,25H,1-8,10H2. The van der Waals surface area contributed by atoms with Gasteiger partial charge in [-0.25, -0.2) is 4.98 Å². The van der Waals surface area contributed by atoms with Crippen LogP contribution in [0.15, 0.2) is 6.07 Å². The first kappa shape index (κ1) is 19.0. The average molecular weight is 412 g/mol. The smallest absolute Gasteiger partial charge is 0.225 e. The van der Waals surface area contributed by atoms with E-state index in [-0.39, 0.29) is 5.28 Å². The molecule has 2 fully saturated rings. The molecule has 4 rings (SSSR count). The molecule has 2 aromatic rings. The number of aliphatic hydroxyl groups excluding tert-OH is 1. The molecule has 27 heavy (non-hydrogen) atoms. The largest absolute Gasteiger partial charge is 0.378 e. The summed E-state index contributed by atoms with van der Waals surface area (Å²) in [6.45, 7) is 6.76. The molecule has 1 N–H and O–H groups in total. The summed E-state index contributed by atoms with van der Waals surface area (Å²) in [6.07, 6.45) is -0.415. The molecule has 0 spiro atoms. The van der Waals surface area contributed by atoms with Crippen LogP contribution in [0.4, 0.5) is 5.82 Å². The second-order valence-corrected chi connectivity index (χ2v) is 8.16. The maximum atomic E-state index is 10.7. The minimum atomic E-state index is -0.995. The Balaban J connectivity index is 1.49. The highest BCUT2D eigenvalue weighted by Crippen LogP contribution is 2.33. The molecule has 1 unspecified atom stereocenters. The number of morpholine rings is 1. The predicted molar refractivity (Wildman–Crippen MR) is 104 cm³/mol. The molecule has 2 saturated heterocycles. The molecule has 10 heteroatoms. The van der Waals surface area contributed by atoms with Gasteiger partial charge in [0.25, 0.3) is 0 Å². The van der Waals surface area contributed by atoms with Gasteiger partial charge in [-0.15, -0.1) is 11.3 Å². The van der Waals surface area contributed by atoms with Gasteiger partial charge in [0.2, 0.25) is 5.28 Å². The molecule has 2 aromatic heterocycles. The van der Waals surface area contributed by atoms with Crippen LogP contribution in [0.3, 0.4) is 0 Å². The third-order valence-corrected chi connectivity index (χ3v) is 6.17. The van der Waals surface area contributed by atoms with Crippen molar-refractivity contribution in [1.29, 1.82) is 0 Å². The Kier molecular flexibility index (Phi) is 5.86. The average Bonchev–Trinajstić information content (AvgIpc) is 3.10. The number of fused-ring (bicyclic) bond motifs is 1. The molecule has 0 bridgehead atoms. The normalized spacial score (nSPS) is 20.9. The second kappa shape index (κ2) is 8.34. The first-order valence-electron chi connectivity index (χ1n) is 9.02. The van der Waals surface area contributed by atoms with Crippen molar-refractivity contribution in [2.24, 2.45) is 0 Å². The van der Waals surface area contributed by atoms with Crippen LogP contribution < -0.4 is 4.90 Å². The minimum absolute atomic E-state index is 0.272. The molecule has 0 radical (unpaired) electrons. The third kappa shape index (κ3) is 4.23. The van der Waals surface area contributed by atoms with Crippen LogP contribution in [0.2, 0.25) is 5.28 Å². The first-order valence-corrected chi connectivity index (χ1v) is 10.2. The van der Waals surface area contributed by atoms with Crippen LogP contribution in [0.5, 0.6) is 0 Å². The van der Waals surface area contributed by atoms with E-state index in [0.29, 0.717) is 32.6 Å². The summed E-state index contributed by atoms with van der Waals surface area (Å²) < 4.78 is 5.44. The molecule has 2 aliphatic heterocycles. The topological polar surface area (TPSA) is 82.0 Å². The number of halogens is 1. The van der Waals surface area contributed by atoms with Crippen molar-refractivity contribution in [3.05, 3.63) is 16.2 Å². The van der Waals surface area contributed by atoms with Crippen LogP contribution >= 0.6 is 22.9 Å². The van der Waals surface area contributed by atoms with Gasteiger partial charge in [0.1, 0.15) is 10.6 Å². The van der Waals surface area contributed by atoms with E-state index in [4.69, 9.17) is 16.3 Å². The number of carbonyl (C=O) groups excluding carboxylic acids is 1. The quantitative estimate of drug-likeness (QED) is 0.572. The van der Waals surface area contributed by atoms with Gasteiger partial charge >= 0.3 is 0 Å². The van der Waals surface area contributed by atoms with E-state index in [1.54, 1.807) is 16.2 Å².